The molecule has 0 unspecified atom stereocenters. The fourth-order valence-electron chi connectivity index (χ4n) is 7.82. The van der Waals surface area contributed by atoms with Crippen molar-refractivity contribution in [3.05, 3.63) is 11.6 Å². The van der Waals surface area contributed by atoms with Crippen molar-refractivity contribution in [3.63, 3.8) is 0 Å². The van der Waals surface area contributed by atoms with Crippen LogP contribution in [-0.4, -0.2) is 55.6 Å². The van der Waals surface area contributed by atoms with Gasteiger partial charge in [-0.3, -0.25) is 14.5 Å². The minimum Gasteiger partial charge on any atom is -0.462 e. The molecule has 0 aromatic heterocycles. The number of hydrogen-bond donors (Lipinski definition) is 0. The average molecular weight is 430 g/mol. The summed E-state index contributed by atoms with van der Waals surface area (Å²) < 4.78 is 11.3. The molecule has 4 aliphatic carbocycles. The van der Waals surface area contributed by atoms with Gasteiger partial charge in [0.25, 0.3) is 0 Å². The third-order valence-corrected chi connectivity index (χ3v) is 9.80. The molecule has 5 rings (SSSR count). The summed E-state index contributed by atoms with van der Waals surface area (Å²) in [6.45, 7) is 8.84. The van der Waals surface area contributed by atoms with Gasteiger partial charge in [-0.2, -0.15) is 0 Å². The van der Waals surface area contributed by atoms with E-state index < -0.39 is 0 Å². The molecular weight excluding hydrogens is 390 g/mol. The van der Waals surface area contributed by atoms with E-state index in [-0.39, 0.29) is 22.9 Å². The zero-order valence-corrected chi connectivity index (χ0v) is 19.4. The van der Waals surface area contributed by atoms with E-state index >= 15 is 0 Å². The molecule has 0 spiro atoms. The highest BCUT2D eigenvalue weighted by Crippen LogP contribution is 2.64. The van der Waals surface area contributed by atoms with E-state index in [4.69, 9.17) is 9.47 Å². The van der Waals surface area contributed by atoms with Crippen molar-refractivity contribution < 1.29 is 19.1 Å². The Morgan fingerprint density at radius 1 is 1.13 bits per heavy atom. The molecule has 0 bridgehead atoms. The van der Waals surface area contributed by atoms with E-state index in [0.717, 1.165) is 77.8 Å². The number of ketones is 1. The molecule has 0 aromatic rings. The van der Waals surface area contributed by atoms with Crippen molar-refractivity contribution >= 4 is 11.8 Å². The number of hydrogen-bond acceptors (Lipinski definition) is 5. The second-order valence-electron chi connectivity index (χ2n) is 11.2. The lowest BCUT2D eigenvalue weighted by atomic mass is 9.48. The van der Waals surface area contributed by atoms with Crippen molar-refractivity contribution in [1.82, 2.24) is 4.90 Å². The predicted octanol–water partition coefficient (Wildman–Crippen LogP) is 4.15. The van der Waals surface area contributed by atoms with Crippen LogP contribution in [0.5, 0.6) is 0 Å². The van der Waals surface area contributed by atoms with Crippen LogP contribution in [0.4, 0.5) is 0 Å². The van der Waals surface area contributed by atoms with Crippen LogP contribution in [0, 0.1) is 28.6 Å². The Hall–Kier alpha value is -1.20. The van der Waals surface area contributed by atoms with Crippen molar-refractivity contribution in [1.29, 1.82) is 0 Å². The summed E-state index contributed by atoms with van der Waals surface area (Å²) in [4.78, 5) is 27.4. The second kappa shape index (κ2) is 8.30. The largest absolute Gasteiger partial charge is 0.462 e. The minimum absolute atomic E-state index is 0.0370. The quantitative estimate of drug-likeness (QED) is 0.496. The van der Waals surface area contributed by atoms with E-state index in [2.05, 4.69) is 24.8 Å². The summed E-state index contributed by atoms with van der Waals surface area (Å²) in [5.74, 6) is 2.39. The van der Waals surface area contributed by atoms with Gasteiger partial charge in [0, 0.05) is 37.9 Å². The number of fused-ring (bicyclic) bond motifs is 5. The zero-order chi connectivity index (χ0) is 21.6. The number of ether oxygens (including phenoxy) is 2. The zero-order valence-electron chi connectivity index (χ0n) is 19.4. The minimum atomic E-state index is -0.0594. The lowest BCUT2D eigenvalue weighted by Gasteiger charge is -2.56. The molecule has 5 aliphatic rings. The van der Waals surface area contributed by atoms with E-state index in [1.54, 1.807) is 0 Å². The van der Waals surface area contributed by atoms with Gasteiger partial charge in [0.15, 0.2) is 0 Å². The lowest BCUT2D eigenvalue weighted by Crippen LogP contribution is -2.50. The number of carbonyl (C=O) groups excluding carboxylic acids is 2. The molecule has 0 radical (unpaired) electrons. The third-order valence-electron chi connectivity index (χ3n) is 9.80. The van der Waals surface area contributed by atoms with Crippen LogP contribution in [-0.2, 0) is 19.1 Å². The first-order valence-corrected chi connectivity index (χ1v) is 12.6. The smallest absolute Gasteiger partial charge is 0.307 e. The summed E-state index contributed by atoms with van der Waals surface area (Å²) in [7, 11) is 0. The van der Waals surface area contributed by atoms with Crippen molar-refractivity contribution in [2.24, 2.45) is 28.6 Å². The molecule has 1 saturated heterocycles. The topological polar surface area (TPSA) is 55.8 Å². The predicted molar refractivity (Wildman–Crippen MR) is 118 cm³/mol. The molecule has 3 saturated carbocycles. The Kier molecular flexibility index (Phi) is 5.79. The van der Waals surface area contributed by atoms with Gasteiger partial charge in [0.05, 0.1) is 19.6 Å². The molecular formula is C26H39NO4. The number of Topliss-reactive ketones (excluding diaryl/α,β-unsaturated/α-hetero) is 1. The van der Waals surface area contributed by atoms with E-state index in [9.17, 15) is 9.59 Å². The van der Waals surface area contributed by atoms with Crippen molar-refractivity contribution in [2.45, 2.75) is 77.7 Å². The first-order chi connectivity index (χ1) is 14.9. The van der Waals surface area contributed by atoms with Crippen LogP contribution < -0.4 is 0 Å². The first-order valence-electron chi connectivity index (χ1n) is 12.6. The van der Waals surface area contributed by atoms with Crippen molar-refractivity contribution in [3.8, 4) is 0 Å². The Morgan fingerprint density at radius 3 is 2.68 bits per heavy atom. The standard InChI is InChI=1S/C26H39NO4/c1-25-10-7-19(31-24(29)9-12-27-13-15-30-16-14-27)17-18(25)3-4-20-21-5-6-23(28)26(21,2)11-8-22(20)25/h3,19-22H,4-17H2,1-2H3/t19-,20+,21+,22+,25-,26-/m0/s1. The molecule has 5 heteroatoms. The monoisotopic (exact) mass is 429 g/mol. The fourth-order valence-corrected chi connectivity index (χ4v) is 7.82. The highest BCUT2D eigenvalue weighted by atomic mass is 16.5. The Morgan fingerprint density at radius 2 is 1.87 bits per heavy atom. The van der Waals surface area contributed by atoms with Crippen LogP contribution in [0.3, 0.4) is 0 Å². The fraction of sp³-hybridized carbons (Fsp3) is 0.846. The summed E-state index contributed by atoms with van der Waals surface area (Å²) in [6.07, 6.45) is 11.2. The molecule has 0 N–H and O–H groups in total. The Balaban J connectivity index is 1.20. The molecule has 5 nitrogen and oxygen atoms in total. The van der Waals surface area contributed by atoms with Gasteiger partial charge < -0.3 is 9.47 Å². The average Bonchev–Trinajstić information content (AvgIpc) is 3.08. The van der Waals surface area contributed by atoms with Crippen LogP contribution in [0.1, 0.15) is 71.6 Å². The summed E-state index contributed by atoms with van der Waals surface area (Å²) in [5.41, 5.74) is 1.70. The Bertz CT molecular complexity index is 757. The summed E-state index contributed by atoms with van der Waals surface area (Å²) in [5, 5.41) is 0. The van der Waals surface area contributed by atoms with Gasteiger partial charge in [-0.25, -0.2) is 0 Å². The van der Waals surface area contributed by atoms with Crippen LogP contribution in [0.25, 0.3) is 0 Å². The van der Waals surface area contributed by atoms with Gasteiger partial charge in [-0.05, 0) is 61.7 Å². The maximum absolute atomic E-state index is 12.6. The maximum Gasteiger partial charge on any atom is 0.307 e. The summed E-state index contributed by atoms with van der Waals surface area (Å²) in [6, 6.07) is 0. The number of morpholine rings is 1. The van der Waals surface area contributed by atoms with Gasteiger partial charge >= 0.3 is 5.97 Å². The van der Waals surface area contributed by atoms with Gasteiger partial charge in [0.1, 0.15) is 11.9 Å². The van der Waals surface area contributed by atoms with E-state index in [1.165, 1.54) is 12.0 Å². The Labute approximate surface area is 186 Å². The van der Waals surface area contributed by atoms with Crippen molar-refractivity contribution in [2.75, 3.05) is 32.8 Å². The number of nitrogens with zero attached hydrogens (tertiary/aromatic N) is 1. The number of esters is 1. The maximum atomic E-state index is 12.6. The molecule has 1 aliphatic heterocycles. The SMILES string of the molecule is C[C@]12CC[C@H](OC(=O)CCN3CCOCC3)CC1=CC[C@H]1[C@H]2CC[C@]2(C)C(=O)CC[C@H]12. The second-order valence-corrected chi connectivity index (χ2v) is 11.2. The molecule has 31 heavy (non-hydrogen) atoms. The van der Waals surface area contributed by atoms with Crippen LogP contribution in [0.15, 0.2) is 11.6 Å². The highest BCUT2D eigenvalue weighted by Gasteiger charge is 2.58. The third kappa shape index (κ3) is 3.80. The van der Waals surface area contributed by atoms with Crippen LogP contribution in [0.2, 0.25) is 0 Å². The molecule has 6 atom stereocenters. The number of rotatable bonds is 4. The van der Waals surface area contributed by atoms with E-state index in [1.807, 2.05) is 0 Å². The highest BCUT2D eigenvalue weighted by molar-refractivity contribution is 5.87. The molecule has 0 aromatic carbocycles. The summed E-state index contributed by atoms with van der Waals surface area (Å²) >= 11 is 0. The lowest BCUT2D eigenvalue weighted by molar-refractivity contribution is -0.152. The number of carbonyl (C=O) groups is 2. The van der Waals surface area contributed by atoms with E-state index in [0.29, 0.717) is 30.0 Å². The first kappa shape index (κ1) is 21.6. The van der Waals surface area contributed by atoms with Gasteiger partial charge in [-0.15, -0.1) is 0 Å². The number of allylic oxidation sites excluding steroid dienone is 1. The van der Waals surface area contributed by atoms with Gasteiger partial charge in [0.2, 0.25) is 0 Å². The normalized spacial score (nSPS) is 42.9. The van der Waals surface area contributed by atoms with Gasteiger partial charge in [-0.1, -0.05) is 25.5 Å². The molecule has 172 valence electrons. The molecule has 1 heterocycles. The van der Waals surface area contributed by atoms with Crippen LogP contribution >= 0.6 is 0 Å². The molecule has 4 fully saturated rings. The molecule has 0 amide bonds.